The molecule has 0 amide bonds. The van der Waals surface area contributed by atoms with E-state index < -0.39 is 0 Å². The maximum atomic E-state index is 12.1. The largest absolute Gasteiger partial charge is 0.371 e. The van der Waals surface area contributed by atoms with E-state index in [-0.39, 0.29) is 11.7 Å². The summed E-state index contributed by atoms with van der Waals surface area (Å²) in [4.78, 5) is 16.3. The van der Waals surface area contributed by atoms with E-state index in [0.717, 1.165) is 16.6 Å². The number of hydrogen-bond acceptors (Lipinski definition) is 3. The highest BCUT2D eigenvalue weighted by Gasteiger charge is 2.23. The molecule has 1 fully saturated rings. The fourth-order valence-electron chi connectivity index (χ4n) is 1.65. The molecule has 0 aliphatic carbocycles. The molecule has 1 atom stereocenters. The van der Waals surface area contributed by atoms with Crippen LogP contribution in [0.5, 0.6) is 0 Å². The number of epoxide rings is 1. The lowest BCUT2D eigenvalue weighted by atomic mass is 10.2. The van der Waals surface area contributed by atoms with Gasteiger partial charge in [-0.1, -0.05) is 15.9 Å². The molecule has 16 heavy (non-hydrogen) atoms. The molecule has 1 aliphatic rings. The van der Waals surface area contributed by atoms with Crippen molar-refractivity contribution in [3.63, 3.8) is 0 Å². The summed E-state index contributed by atoms with van der Waals surface area (Å²) >= 11 is 3.35. The first-order valence-electron chi connectivity index (χ1n) is 5.00. The molecule has 0 radical (unpaired) electrons. The second-order valence-electron chi connectivity index (χ2n) is 3.82. The maximum Gasteiger partial charge on any atom is 0.261 e. The number of aromatic nitrogens is 2. The van der Waals surface area contributed by atoms with E-state index in [0.29, 0.717) is 11.9 Å². The van der Waals surface area contributed by atoms with Crippen molar-refractivity contribution in [2.75, 3.05) is 6.61 Å². The molecule has 1 aliphatic heterocycles. The molecule has 5 heteroatoms. The molecule has 2 aromatic rings. The standard InChI is InChI=1S/C11H9BrN2O2/c12-7-1-2-10-9(3-7)11(15)14(6-13-10)4-8-5-16-8/h1-3,6,8H,4-5H2. The Morgan fingerprint density at radius 1 is 1.56 bits per heavy atom. The Morgan fingerprint density at radius 3 is 3.12 bits per heavy atom. The summed E-state index contributed by atoms with van der Waals surface area (Å²) in [5, 5.41) is 0.637. The minimum atomic E-state index is -0.0122. The highest BCUT2D eigenvalue weighted by atomic mass is 79.9. The molecule has 82 valence electrons. The van der Waals surface area contributed by atoms with Crippen molar-refractivity contribution in [3.05, 3.63) is 39.4 Å². The van der Waals surface area contributed by atoms with Gasteiger partial charge < -0.3 is 4.74 Å². The lowest BCUT2D eigenvalue weighted by Crippen LogP contribution is -2.22. The molecule has 3 rings (SSSR count). The molecule has 1 unspecified atom stereocenters. The van der Waals surface area contributed by atoms with Crippen LogP contribution in [0, 0.1) is 0 Å². The molecule has 1 aromatic carbocycles. The van der Waals surface area contributed by atoms with Crippen LogP contribution in [0.25, 0.3) is 10.9 Å². The van der Waals surface area contributed by atoms with Crippen molar-refractivity contribution >= 4 is 26.8 Å². The number of benzene rings is 1. The molecule has 0 saturated carbocycles. The Morgan fingerprint density at radius 2 is 2.38 bits per heavy atom. The van der Waals surface area contributed by atoms with Gasteiger partial charge in [0.1, 0.15) is 0 Å². The minimum Gasteiger partial charge on any atom is -0.371 e. The van der Waals surface area contributed by atoms with Gasteiger partial charge in [0.25, 0.3) is 5.56 Å². The van der Waals surface area contributed by atoms with E-state index in [1.54, 1.807) is 17.0 Å². The molecule has 1 saturated heterocycles. The van der Waals surface area contributed by atoms with Crippen molar-refractivity contribution in [2.45, 2.75) is 12.6 Å². The second kappa shape index (κ2) is 3.68. The van der Waals surface area contributed by atoms with Gasteiger partial charge in [-0.15, -0.1) is 0 Å². The van der Waals surface area contributed by atoms with Crippen LogP contribution in [0.3, 0.4) is 0 Å². The summed E-state index contributed by atoms with van der Waals surface area (Å²) in [6.07, 6.45) is 1.77. The van der Waals surface area contributed by atoms with Gasteiger partial charge in [0.05, 0.1) is 36.5 Å². The number of hydrogen-bond donors (Lipinski definition) is 0. The first-order valence-corrected chi connectivity index (χ1v) is 5.79. The van der Waals surface area contributed by atoms with Crippen molar-refractivity contribution < 1.29 is 4.74 Å². The molecule has 2 heterocycles. The molecule has 0 bridgehead atoms. The Hall–Kier alpha value is -1.20. The fraction of sp³-hybridized carbons (Fsp3) is 0.273. The summed E-state index contributed by atoms with van der Waals surface area (Å²) in [7, 11) is 0. The monoisotopic (exact) mass is 280 g/mol. The van der Waals surface area contributed by atoms with Crippen LogP contribution in [-0.4, -0.2) is 22.3 Å². The molecular formula is C11H9BrN2O2. The Balaban J connectivity index is 2.17. The van der Waals surface area contributed by atoms with Gasteiger partial charge in [-0.25, -0.2) is 4.98 Å². The van der Waals surface area contributed by atoms with Crippen LogP contribution in [0.1, 0.15) is 0 Å². The lowest BCUT2D eigenvalue weighted by Gasteiger charge is -2.04. The number of halogens is 1. The van der Waals surface area contributed by atoms with Gasteiger partial charge in [-0.2, -0.15) is 0 Å². The predicted molar refractivity (Wildman–Crippen MR) is 63.4 cm³/mol. The van der Waals surface area contributed by atoms with Crippen molar-refractivity contribution in [2.24, 2.45) is 0 Å². The van der Waals surface area contributed by atoms with E-state index in [2.05, 4.69) is 20.9 Å². The zero-order valence-electron chi connectivity index (χ0n) is 8.39. The summed E-state index contributed by atoms with van der Waals surface area (Å²) in [6.45, 7) is 1.33. The van der Waals surface area contributed by atoms with E-state index in [9.17, 15) is 4.79 Å². The van der Waals surface area contributed by atoms with Crippen LogP contribution in [0.4, 0.5) is 0 Å². The zero-order chi connectivity index (χ0) is 11.1. The second-order valence-corrected chi connectivity index (χ2v) is 4.73. The van der Waals surface area contributed by atoms with Gasteiger partial charge in [0.2, 0.25) is 0 Å². The fourth-order valence-corrected chi connectivity index (χ4v) is 2.02. The first kappa shape index (κ1) is 9.99. The SMILES string of the molecule is O=c1c2cc(Br)ccc2ncn1CC1CO1. The van der Waals surface area contributed by atoms with Gasteiger partial charge >= 0.3 is 0 Å². The predicted octanol–water partition coefficient (Wildman–Crippen LogP) is 1.56. The van der Waals surface area contributed by atoms with Crippen molar-refractivity contribution in [1.82, 2.24) is 9.55 Å². The van der Waals surface area contributed by atoms with E-state index in [1.807, 2.05) is 12.1 Å². The summed E-state index contributed by atoms with van der Waals surface area (Å²) in [6, 6.07) is 5.51. The number of fused-ring (bicyclic) bond motifs is 1. The van der Waals surface area contributed by atoms with E-state index in [1.165, 1.54) is 0 Å². The third-order valence-corrected chi connectivity index (χ3v) is 3.08. The van der Waals surface area contributed by atoms with Gasteiger partial charge in [0, 0.05) is 4.47 Å². The van der Waals surface area contributed by atoms with E-state index >= 15 is 0 Å². The Kier molecular flexibility index (Phi) is 2.29. The van der Waals surface area contributed by atoms with Crippen LogP contribution >= 0.6 is 15.9 Å². The van der Waals surface area contributed by atoms with Gasteiger partial charge in [-0.05, 0) is 18.2 Å². The summed E-state index contributed by atoms with van der Waals surface area (Å²) in [5.41, 5.74) is 0.711. The van der Waals surface area contributed by atoms with Crippen molar-refractivity contribution in [3.8, 4) is 0 Å². The quantitative estimate of drug-likeness (QED) is 0.785. The molecular weight excluding hydrogens is 272 g/mol. The van der Waals surface area contributed by atoms with Crippen molar-refractivity contribution in [1.29, 1.82) is 0 Å². The number of rotatable bonds is 2. The summed E-state index contributed by atoms with van der Waals surface area (Å²) in [5.74, 6) is 0. The average molecular weight is 281 g/mol. The van der Waals surface area contributed by atoms with Crippen LogP contribution in [0.2, 0.25) is 0 Å². The number of nitrogens with zero attached hydrogens (tertiary/aromatic N) is 2. The number of ether oxygens (including phenoxy) is 1. The van der Waals surface area contributed by atoms with Crippen LogP contribution in [-0.2, 0) is 11.3 Å². The normalized spacial score (nSPS) is 18.9. The Bertz CT molecular complexity index is 604. The first-order chi connectivity index (χ1) is 7.74. The highest BCUT2D eigenvalue weighted by Crippen LogP contribution is 2.16. The van der Waals surface area contributed by atoms with E-state index in [4.69, 9.17) is 4.74 Å². The van der Waals surface area contributed by atoms with Gasteiger partial charge in [-0.3, -0.25) is 9.36 Å². The van der Waals surface area contributed by atoms with Crippen LogP contribution < -0.4 is 5.56 Å². The van der Waals surface area contributed by atoms with Gasteiger partial charge in [0.15, 0.2) is 0 Å². The zero-order valence-corrected chi connectivity index (χ0v) is 9.98. The molecule has 1 aromatic heterocycles. The topological polar surface area (TPSA) is 47.4 Å². The average Bonchev–Trinajstić information content (AvgIpc) is 3.07. The highest BCUT2D eigenvalue weighted by molar-refractivity contribution is 9.10. The third-order valence-electron chi connectivity index (χ3n) is 2.59. The lowest BCUT2D eigenvalue weighted by molar-refractivity contribution is 0.380. The Labute approximate surface area is 100.0 Å². The summed E-state index contributed by atoms with van der Waals surface area (Å²) < 4.78 is 7.60. The molecule has 4 nitrogen and oxygen atoms in total. The molecule has 0 spiro atoms. The third kappa shape index (κ3) is 1.76. The maximum absolute atomic E-state index is 12.1. The smallest absolute Gasteiger partial charge is 0.261 e. The molecule has 0 N–H and O–H groups in total. The minimum absolute atomic E-state index is 0.0122. The van der Waals surface area contributed by atoms with Crippen LogP contribution in [0.15, 0.2) is 33.8 Å².